The van der Waals surface area contributed by atoms with Crippen LogP contribution in [0.25, 0.3) is 6.08 Å². The van der Waals surface area contributed by atoms with Gasteiger partial charge in [-0.15, -0.1) is 0 Å². The Labute approximate surface area is 148 Å². The first-order chi connectivity index (χ1) is 11.8. The Morgan fingerprint density at radius 2 is 1.56 bits per heavy atom. The van der Waals surface area contributed by atoms with Crippen molar-refractivity contribution >= 4 is 21.8 Å². The average Bonchev–Trinajstić information content (AvgIpc) is 2.59. The van der Waals surface area contributed by atoms with E-state index in [-0.39, 0.29) is 0 Å². The molecule has 0 radical (unpaired) electrons. The lowest BCUT2D eigenvalue weighted by atomic mass is 10.1. The number of benzene rings is 2. The molecule has 2 aromatic rings. The number of aliphatic hydroxyl groups is 1. The fourth-order valence-electron chi connectivity index (χ4n) is 2.48. The second-order valence-corrected chi connectivity index (χ2v) is 7.95. The summed E-state index contributed by atoms with van der Waals surface area (Å²) in [5.74, 6) is -0.688. The minimum atomic E-state index is -3.68. The van der Waals surface area contributed by atoms with Crippen molar-refractivity contribution in [2.45, 2.75) is 11.4 Å². The van der Waals surface area contributed by atoms with Gasteiger partial charge in [-0.05, 0) is 17.2 Å². The number of hydrogen-bond donors (Lipinski definition) is 1. The molecule has 0 aromatic heterocycles. The van der Waals surface area contributed by atoms with Crippen molar-refractivity contribution in [3.05, 3.63) is 78.0 Å². The fraction of sp³-hybridized carbons (Fsp3) is 0.211. The van der Waals surface area contributed by atoms with Crippen LogP contribution in [0.5, 0.6) is 0 Å². The molecule has 25 heavy (non-hydrogen) atoms. The van der Waals surface area contributed by atoms with E-state index in [1.54, 1.807) is 36.4 Å². The molecule has 0 spiro atoms. The third kappa shape index (κ3) is 5.01. The lowest BCUT2D eigenvalue weighted by molar-refractivity contribution is -0.136. The van der Waals surface area contributed by atoms with Gasteiger partial charge in [0.1, 0.15) is 5.25 Å². The van der Waals surface area contributed by atoms with Gasteiger partial charge in [-0.3, -0.25) is 4.79 Å². The zero-order chi connectivity index (χ0) is 18.4. The predicted octanol–water partition coefficient (Wildman–Crippen LogP) is 2.26. The van der Waals surface area contributed by atoms with Crippen LogP contribution >= 0.6 is 0 Å². The SMILES string of the molecule is CN(/C=C\c1ccccc1)C(=O)[C@H](O)[C@@H](c1ccccc1)S(C)(=O)=O. The van der Waals surface area contributed by atoms with E-state index in [1.165, 1.54) is 18.1 Å². The first-order valence-corrected chi connectivity index (χ1v) is 9.68. The number of likely N-dealkylation sites (N-methyl/N-ethyl adjacent to an activating group) is 1. The van der Waals surface area contributed by atoms with Crippen molar-refractivity contribution in [1.29, 1.82) is 0 Å². The molecule has 0 saturated carbocycles. The fourth-order valence-corrected chi connectivity index (χ4v) is 3.72. The van der Waals surface area contributed by atoms with Gasteiger partial charge in [0.25, 0.3) is 5.91 Å². The zero-order valence-corrected chi connectivity index (χ0v) is 14.9. The van der Waals surface area contributed by atoms with Crippen LogP contribution in [-0.4, -0.2) is 43.7 Å². The Balaban J connectivity index is 2.22. The van der Waals surface area contributed by atoms with E-state index in [9.17, 15) is 18.3 Å². The highest BCUT2D eigenvalue weighted by Gasteiger charge is 2.36. The van der Waals surface area contributed by atoms with Crippen molar-refractivity contribution < 1.29 is 18.3 Å². The van der Waals surface area contributed by atoms with Crippen LogP contribution in [0.15, 0.2) is 66.9 Å². The molecule has 1 N–H and O–H groups in total. The van der Waals surface area contributed by atoms with Gasteiger partial charge in [-0.2, -0.15) is 0 Å². The molecule has 0 aliphatic rings. The molecule has 0 fully saturated rings. The third-order valence-electron chi connectivity index (χ3n) is 3.77. The highest BCUT2D eigenvalue weighted by molar-refractivity contribution is 7.91. The number of sulfone groups is 1. The van der Waals surface area contributed by atoms with Crippen LogP contribution < -0.4 is 0 Å². The van der Waals surface area contributed by atoms with Gasteiger partial charge in [-0.25, -0.2) is 8.42 Å². The summed E-state index contributed by atoms with van der Waals surface area (Å²) in [5, 5.41) is 9.12. The molecule has 1 amide bonds. The molecule has 0 unspecified atom stereocenters. The van der Waals surface area contributed by atoms with Crippen molar-refractivity contribution in [3.63, 3.8) is 0 Å². The van der Waals surface area contributed by atoms with Gasteiger partial charge in [0.05, 0.1) is 0 Å². The van der Waals surface area contributed by atoms with Crippen molar-refractivity contribution in [3.8, 4) is 0 Å². The summed E-state index contributed by atoms with van der Waals surface area (Å²) in [7, 11) is -2.20. The molecule has 0 aliphatic carbocycles. The maximum atomic E-state index is 12.5. The van der Waals surface area contributed by atoms with E-state index in [0.29, 0.717) is 5.56 Å². The molecule has 0 saturated heterocycles. The van der Waals surface area contributed by atoms with Crippen LogP contribution in [0.4, 0.5) is 0 Å². The molecule has 0 aliphatic heterocycles. The molecule has 2 atom stereocenters. The normalized spacial score (nSPS) is 14.2. The first kappa shape index (κ1) is 18.9. The molecule has 2 aromatic carbocycles. The Bertz CT molecular complexity index is 832. The van der Waals surface area contributed by atoms with Gasteiger partial charge in [0.15, 0.2) is 15.9 Å². The second-order valence-electron chi connectivity index (χ2n) is 5.78. The van der Waals surface area contributed by atoms with Crippen LogP contribution in [-0.2, 0) is 14.6 Å². The summed E-state index contributed by atoms with van der Waals surface area (Å²) in [4.78, 5) is 13.7. The number of aliphatic hydroxyl groups excluding tert-OH is 1. The van der Waals surface area contributed by atoms with E-state index >= 15 is 0 Å². The number of carbonyl (C=O) groups excluding carboxylic acids is 1. The quantitative estimate of drug-likeness (QED) is 0.858. The van der Waals surface area contributed by atoms with Crippen molar-refractivity contribution in [2.24, 2.45) is 0 Å². The Morgan fingerprint density at radius 1 is 1.04 bits per heavy atom. The van der Waals surface area contributed by atoms with E-state index in [4.69, 9.17) is 0 Å². The second kappa shape index (κ2) is 8.09. The van der Waals surface area contributed by atoms with Gasteiger partial charge >= 0.3 is 0 Å². The predicted molar refractivity (Wildman–Crippen MR) is 98.3 cm³/mol. The summed E-state index contributed by atoms with van der Waals surface area (Å²) >= 11 is 0. The van der Waals surface area contributed by atoms with E-state index < -0.39 is 27.1 Å². The number of amides is 1. The summed E-state index contributed by atoms with van der Waals surface area (Å²) in [6.07, 6.45) is 2.54. The van der Waals surface area contributed by atoms with Crippen LogP contribution in [0.1, 0.15) is 16.4 Å². The maximum Gasteiger partial charge on any atom is 0.256 e. The summed E-state index contributed by atoms with van der Waals surface area (Å²) in [6.45, 7) is 0. The van der Waals surface area contributed by atoms with Crippen molar-refractivity contribution in [1.82, 2.24) is 4.90 Å². The lowest BCUT2D eigenvalue weighted by Gasteiger charge is -2.24. The summed E-state index contributed by atoms with van der Waals surface area (Å²) < 4.78 is 24.3. The highest BCUT2D eigenvalue weighted by Crippen LogP contribution is 2.26. The van der Waals surface area contributed by atoms with E-state index in [1.807, 2.05) is 30.3 Å². The largest absolute Gasteiger partial charge is 0.382 e. The van der Waals surface area contributed by atoms with Gasteiger partial charge in [-0.1, -0.05) is 60.7 Å². The molecular weight excluding hydrogens is 338 g/mol. The standard InChI is InChI=1S/C19H21NO4S/c1-20(14-13-15-9-5-3-6-10-15)19(22)17(21)18(25(2,23)24)16-11-7-4-8-12-16/h3-14,17-18,21H,1-2H3/b14-13-/t17-,18-/m1/s1. The molecule has 0 heterocycles. The Kier molecular flexibility index (Phi) is 6.12. The first-order valence-electron chi connectivity index (χ1n) is 7.72. The van der Waals surface area contributed by atoms with Gasteiger partial charge in [0, 0.05) is 19.5 Å². The molecular formula is C19H21NO4S. The van der Waals surface area contributed by atoms with E-state index in [2.05, 4.69) is 0 Å². The monoisotopic (exact) mass is 359 g/mol. The topological polar surface area (TPSA) is 74.7 Å². The van der Waals surface area contributed by atoms with Crippen molar-refractivity contribution in [2.75, 3.05) is 13.3 Å². The number of carbonyl (C=O) groups is 1. The zero-order valence-electron chi connectivity index (χ0n) is 14.1. The van der Waals surface area contributed by atoms with Gasteiger partial charge in [0.2, 0.25) is 0 Å². The molecule has 132 valence electrons. The Morgan fingerprint density at radius 3 is 2.08 bits per heavy atom. The van der Waals surface area contributed by atoms with Crippen LogP contribution in [0, 0.1) is 0 Å². The summed E-state index contributed by atoms with van der Waals surface area (Å²) in [5.41, 5.74) is 1.27. The summed E-state index contributed by atoms with van der Waals surface area (Å²) in [6, 6.07) is 17.6. The van der Waals surface area contributed by atoms with Gasteiger partial charge < -0.3 is 10.0 Å². The molecule has 6 heteroatoms. The van der Waals surface area contributed by atoms with E-state index in [0.717, 1.165) is 11.8 Å². The number of rotatable bonds is 6. The smallest absolute Gasteiger partial charge is 0.256 e. The van der Waals surface area contributed by atoms with Crippen LogP contribution in [0.2, 0.25) is 0 Å². The minimum Gasteiger partial charge on any atom is -0.382 e. The molecule has 0 bridgehead atoms. The lowest BCUT2D eigenvalue weighted by Crippen LogP contribution is -2.39. The Hall–Kier alpha value is -2.44. The number of hydrogen-bond acceptors (Lipinski definition) is 4. The minimum absolute atomic E-state index is 0.381. The highest BCUT2D eigenvalue weighted by atomic mass is 32.2. The average molecular weight is 359 g/mol. The number of nitrogens with zero attached hydrogens (tertiary/aromatic N) is 1. The molecule has 5 nitrogen and oxygen atoms in total. The third-order valence-corrected chi connectivity index (χ3v) is 5.22. The molecule has 2 rings (SSSR count). The maximum absolute atomic E-state index is 12.5. The van der Waals surface area contributed by atoms with Crippen LogP contribution in [0.3, 0.4) is 0 Å².